The fraction of sp³-hybridized carbons (Fsp3) is 0.867. The molecule has 0 aliphatic heterocycles. The Hall–Kier alpha value is 0.339. The van der Waals surface area contributed by atoms with Crippen LogP contribution in [0.1, 0.15) is 87.0 Å². The van der Waals surface area contributed by atoms with Crippen molar-refractivity contribution in [1.29, 1.82) is 0 Å². The Kier molecular flexibility index (Phi) is 78.8. The van der Waals surface area contributed by atoms with E-state index in [0.29, 0.717) is 0 Å². The molecule has 0 saturated carbocycles. The molecule has 4 radical (unpaired) electrons. The largest absolute Gasteiger partial charge is 0.513 e. The summed E-state index contributed by atoms with van der Waals surface area (Å²) in [5, 5.41) is 7.86. The Morgan fingerprint density at radius 1 is 0.706 bits per heavy atom. The summed E-state index contributed by atoms with van der Waals surface area (Å²) < 4.78 is 0. The van der Waals surface area contributed by atoms with E-state index in [9.17, 15) is 0 Å². The smallest absolute Gasteiger partial charge is 0.0820 e. The minimum Gasteiger partial charge on any atom is -0.513 e. The summed E-state index contributed by atoms with van der Waals surface area (Å²) in [5.41, 5.74) is 0. The molecule has 17 heavy (non-hydrogen) atoms. The summed E-state index contributed by atoms with van der Waals surface area (Å²) in [6.45, 7) is 17.7. The van der Waals surface area contributed by atoms with Gasteiger partial charge in [0.05, 0.1) is 5.76 Å². The van der Waals surface area contributed by atoms with Gasteiger partial charge in [0, 0.05) is 23.9 Å². The van der Waals surface area contributed by atoms with E-state index in [1.807, 2.05) is 0 Å². The summed E-state index contributed by atoms with van der Waals surface area (Å²) in [5.74, 6) is 0.167. The van der Waals surface area contributed by atoms with Crippen LogP contribution in [-0.2, 0) is 0 Å². The van der Waals surface area contributed by atoms with Gasteiger partial charge in [0.25, 0.3) is 0 Å². The fourth-order valence-electron chi connectivity index (χ4n) is 0. The molecule has 2 heteroatoms. The van der Waals surface area contributed by atoms with Gasteiger partial charge in [0.15, 0.2) is 0 Å². The van der Waals surface area contributed by atoms with E-state index in [1.54, 1.807) is 0 Å². The second-order valence-corrected chi connectivity index (χ2v) is 3.74. The van der Waals surface area contributed by atoms with Crippen molar-refractivity contribution in [3.8, 4) is 0 Å². The minimum atomic E-state index is 0. The van der Waals surface area contributed by atoms with E-state index in [1.165, 1.54) is 45.4 Å². The first-order valence-corrected chi connectivity index (χ1v) is 6.82. The maximum Gasteiger partial charge on any atom is 0.0820 e. The van der Waals surface area contributed by atoms with Gasteiger partial charge >= 0.3 is 0 Å². The maximum atomic E-state index is 7.86. The van der Waals surface area contributed by atoms with Gasteiger partial charge in [-0.2, -0.15) is 0 Å². The molecular formula is C15H36OSn. The van der Waals surface area contributed by atoms with Crippen LogP contribution in [0.25, 0.3) is 0 Å². The van der Waals surface area contributed by atoms with E-state index in [2.05, 4.69) is 48.1 Å². The average Bonchev–Trinajstić information content (AvgIpc) is 2.28. The molecule has 0 spiro atoms. The SMILES string of the molecule is C=C(C)O.CCCC.CCCC.CCCC.[Sn]. The summed E-state index contributed by atoms with van der Waals surface area (Å²) in [7, 11) is 0. The number of rotatable bonds is 3. The van der Waals surface area contributed by atoms with Crippen molar-refractivity contribution in [2.45, 2.75) is 87.0 Å². The fourth-order valence-corrected chi connectivity index (χ4v) is 0. The Labute approximate surface area is 128 Å². The standard InChI is InChI=1S/3C4H10.C3H6O.Sn/c3*1-3-4-2;1-3(2)4;/h3*3-4H2,1-2H3;4H,1H2,2H3;. The number of aliphatic hydroxyl groups is 1. The molecule has 0 aliphatic rings. The Bertz CT molecular complexity index is 73.4. The van der Waals surface area contributed by atoms with Gasteiger partial charge in [0.2, 0.25) is 0 Å². The van der Waals surface area contributed by atoms with Gasteiger partial charge in [-0.3, -0.25) is 0 Å². The third-order valence-corrected chi connectivity index (χ3v) is 1.50. The minimum absolute atomic E-state index is 0. The average molecular weight is 351 g/mol. The summed E-state index contributed by atoms with van der Waals surface area (Å²) in [4.78, 5) is 0. The van der Waals surface area contributed by atoms with Crippen LogP contribution >= 0.6 is 0 Å². The van der Waals surface area contributed by atoms with Gasteiger partial charge in [-0.15, -0.1) is 0 Å². The van der Waals surface area contributed by atoms with Crippen molar-refractivity contribution in [3.05, 3.63) is 12.3 Å². The second kappa shape index (κ2) is 44.1. The van der Waals surface area contributed by atoms with Crippen LogP contribution in [0.5, 0.6) is 0 Å². The second-order valence-electron chi connectivity index (χ2n) is 3.74. The molecule has 106 valence electrons. The van der Waals surface area contributed by atoms with E-state index in [4.69, 9.17) is 5.11 Å². The van der Waals surface area contributed by atoms with Crippen molar-refractivity contribution in [2.75, 3.05) is 0 Å². The van der Waals surface area contributed by atoms with Crippen LogP contribution in [0.2, 0.25) is 0 Å². The topological polar surface area (TPSA) is 20.2 Å². The molecule has 0 aromatic carbocycles. The summed E-state index contributed by atoms with van der Waals surface area (Å²) >= 11 is 0. The zero-order chi connectivity index (χ0) is 13.8. The van der Waals surface area contributed by atoms with Crippen molar-refractivity contribution < 1.29 is 5.11 Å². The molecule has 0 aromatic rings. The molecule has 1 nitrogen and oxygen atoms in total. The predicted octanol–water partition coefficient (Wildman–Crippen LogP) is 6.12. The molecule has 0 aromatic heterocycles. The van der Waals surface area contributed by atoms with E-state index < -0.39 is 0 Å². The van der Waals surface area contributed by atoms with Crippen molar-refractivity contribution >= 4 is 23.9 Å². The van der Waals surface area contributed by atoms with Crippen LogP contribution in [0.4, 0.5) is 0 Å². The van der Waals surface area contributed by atoms with Crippen LogP contribution in [-0.4, -0.2) is 29.0 Å². The first-order chi connectivity index (χ1) is 7.47. The van der Waals surface area contributed by atoms with Gasteiger partial charge in [-0.05, 0) is 6.92 Å². The Balaban J connectivity index is -0.0000000369. The van der Waals surface area contributed by atoms with Crippen molar-refractivity contribution in [2.24, 2.45) is 0 Å². The van der Waals surface area contributed by atoms with Crippen LogP contribution in [0.15, 0.2) is 12.3 Å². The molecule has 0 fully saturated rings. The zero-order valence-corrected chi connectivity index (χ0v) is 16.3. The predicted molar refractivity (Wildman–Crippen MR) is 84.9 cm³/mol. The first kappa shape index (κ1) is 30.4. The third kappa shape index (κ3) is 301. The number of unbranched alkanes of at least 4 members (excludes halogenated alkanes) is 3. The van der Waals surface area contributed by atoms with Crippen LogP contribution in [0.3, 0.4) is 0 Å². The van der Waals surface area contributed by atoms with Crippen LogP contribution < -0.4 is 0 Å². The van der Waals surface area contributed by atoms with E-state index >= 15 is 0 Å². The number of allylic oxidation sites excluding steroid dienone is 1. The Morgan fingerprint density at radius 3 is 0.765 bits per heavy atom. The van der Waals surface area contributed by atoms with Crippen molar-refractivity contribution in [1.82, 2.24) is 0 Å². The third-order valence-electron chi connectivity index (χ3n) is 1.50. The van der Waals surface area contributed by atoms with E-state index in [-0.39, 0.29) is 29.7 Å². The molecule has 0 rings (SSSR count). The monoisotopic (exact) mass is 352 g/mol. The quantitative estimate of drug-likeness (QED) is 0.480. The van der Waals surface area contributed by atoms with Gasteiger partial charge in [0.1, 0.15) is 0 Å². The summed E-state index contributed by atoms with van der Waals surface area (Å²) in [6, 6.07) is 0. The molecule has 0 heterocycles. The van der Waals surface area contributed by atoms with Gasteiger partial charge in [-0.1, -0.05) is 86.6 Å². The number of hydrogen-bond donors (Lipinski definition) is 1. The van der Waals surface area contributed by atoms with E-state index in [0.717, 1.165) is 0 Å². The molecule has 0 bridgehead atoms. The molecule has 0 atom stereocenters. The molecule has 0 unspecified atom stereocenters. The van der Waals surface area contributed by atoms with Gasteiger partial charge < -0.3 is 5.11 Å². The number of aliphatic hydroxyl groups excluding tert-OH is 1. The van der Waals surface area contributed by atoms with Crippen molar-refractivity contribution in [3.63, 3.8) is 0 Å². The summed E-state index contributed by atoms with van der Waals surface area (Å²) in [6.07, 6.45) is 7.92. The molecule has 0 saturated heterocycles. The molecule has 0 amide bonds. The molecular weight excluding hydrogens is 315 g/mol. The van der Waals surface area contributed by atoms with Gasteiger partial charge in [-0.25, -0.2) is 0 Å². The first-order valence-electron chi connectivity index (χ1n) is 6.82. The maximum absolute atomic E-state index is 7.86. The van der Waals surface area contributed by atoms with Crippen LogP contribution in [0, 0.1) is 0 Å². The Morgan fingerprint density at radius 2 is 0.765 bits per heavy atom. The molecule has 1 N–H and O–H groups in total. The number of hydrogen-bond acceptors (Lipinski definition) is 1. The zero-order valence-electron chi connectivity index (χ0n) is 13.4. The molecule has 0 aliphatic carbocycles. The normalized spacial score (nSPS) is 6.76.